The smallest absolute Gasteiger partial charge is 0.328 e. The molecule has 1 N–H and O–H groups in total. The van der Waals surface area contributed by atoms with Gasteiger partial charge in [-0.1, -0.05) is 6.07 Å². The summed E-state index contributed by atoms with van der Waals surface area (Å²) in [6, 6.07) is 11.1. The number of aromatic nitrogens is 2. The van der Waals surface area contributed by atoms with Crippen LogP contribution in [-0.4, -0.2) is 47.2 Å². The van der Waals surface area contributed by atoms with Crippen molar-refractivity contribution in [1.29, 1.82) is 0 Å². The Balaban J connectivity index is 1.51. The topological polar surface area (TPSA) is 95.9 Å². The number of hydrogen-bond donors (Lipinski definition) is 1. The zero-order valence-corrected chi connectivity index (χ0v) is 19.4. The van der Waals surface area contributed by atoms with Crippen molar-refractivity contribution in [3.8, 4) is 5.75 Å². The van der Waals surface area contributed by atoms with Crippen molar-refractivity contribution in [2.75, 3.05) is 30.0 Å². The second kappa shape index (κ2) is 9.74. The lowest BCUT2D eigenvalue weighted by Crippen LogP contribution is -2.25. The van der Waals surface area contributed by atoms with E-state index in [1.165, 1.54) is 0 Å². The Morgan fingerprint density at radius 3 is 2.74 bits per heavy atom. The molecule has 1 aliphatic heterocycles. The predicted octanol–water partition coefficient (Wildman–Crippen LogP) is 4.25. The third kappa shape index (κ3) is 4.61. The van der Waals surface area contributed by atoms with Crippen molar-refractivity contribution in [2.24, 2.45) is 0 Å². The lowest BCUT2D eigenvalue weighted by molar-refractivity contribution is -0.131. The van der Waals surface area contributed by atoms with Gasteiger partial charge in [-0.25, -0.2) is 14.8 Å². The first-order valence-electron chi connectivity index (χ1n) is 11.0. The van der Waals surface area contributed by atoms with E-state index in [1.54, 1.807) is 30.4 Å². The quantitative estimate of drug-likeness (QED) is 0.529. The highest BCUT2D eigenvalue weighted by molar-refractivity contribution is 6.12. The summed E-state index contributed by atoms with van der Waals surface area (Å²) in [6.07, 6.45) is 6.72. The minimum absolute atomic E-state index is 0.128. The third-order valence-electron chi connectivity index (χ3n) is 5.68. The Morgan fingerprint density at radius 2 is 2.00 bits per heavy atom. The van der Waals surface area contributed by atoms with Crippen LogP contribution >= 0.6 is 0 Å². The van der Waals surface area contributed by atoms with Crippen molar-refractivity contribution >= 4 is 35.3 Å². The molecule has 0 atom stereocenters. The van der Waals surface area contributed by atoms with Crippen LogP contribution in [0.4, 0.5) is 17.3 Å². The third-order valence-corrected chi connectivity index (χ3v) is 5.68. The molecule has 8 nitrogen and oxygen atoms in total. The lowest BCUT2D eigenvalue weighted by Gasteiger charge is -2.22. The van der Waals surface area contributed by atoms with Gasteiger partial charge in [-0.2, -0.15) is 0 Å². The fourth-order valence-electron chi connectivity index (χ4n) is 3.94. The molecule has 1 aromatic carbocycles. The normalized spacial score (nSPS) is 13.0. The predicted molar refractivity (Wildman–Crippen MR) is 131 cm³/mol. The van der Waals surface area contributed by atoms with Crippen LogP contribution in [0.2, 0.25) is 0 Å². The molecule has 0 radical (unpaired) electrons. The summed E-state index contributed by atoms with van der Waals surface area (Å²) in [6.45, 7) is 4.96. The largest absolute Gasteiger partial charge is 0.493 e. The molecule has 0 fully saturated rings. The first-order valence-corrected chi connectivity index (χ1v) is 11.0. The molecule has 3 aromatic rings. The van der Waals surface area contributed by atoms with E-state index in [4.69, 9.17) is 9.84 Å². The summed E-state index contributed by atoms with van der Waals surface area (Å²) in [5.41, 5.74) is 3.88. The maximum absolute atomic E-state index is 13.2. The fraction of sp³-hybridized carbons (Fsp3) is 0.231. The average Bonchev–Trinajstić information content (AvgIpc) is 2.92. The molecular formula is C26H26N4O4. The number of aliphatic carboxylic acids is 1. The number of hydrogen-bond acceptors (Lipinski definition) is 6. The molecule has 0 unspecified atom stereocenters. The Bertz CT molecular complexity index is 1270. The van der Waals surface area contributed by atoms with Crippen LogP contribution in [0.5, 0.6) is 5.75 Å². The van der Waals surface area contributed by atoms with Crippen LogP contribution < -0.4 is 14.5 Å². The van der Waals surface area contributed by atoms with Gasteiger partial charge in [0.05, 0.1) is 17.9 Å². The number of carbonyl (C=O) groups is 2. The van der Waals surface area contributed by atoms with Gasteiger partial charge in [0.2, 0.25) is 0 Å². The Kier molecular flexibility index (Phi) is 6.58. The first kappa shape index (κ1) is 23.0. The van der Waals surface area contributed by atoms with E-state index in [2.05, 4.69) is 9.97 Å². The molecule has 8 heteroatoms. The van der Waals surface area contributed by atoms with E-state index in [0.29, 0.717) is 36.8 Å². The lowest BCUT2D eigenvalue weighted by atomic mass is 10.1. The fourth-order valence-corrected chi connectivity index (χ4v) is 3.94. The van der Waals surface area contributed by atoms with Crippen molar-refractivity contribution in [3.63, 3.8) is 0 Å². The molecule has 0 aliphatic carbocycles. The van der Waals surface area contributed by atoms with Crippen LogP contribution in [-0.2, 0) is 11.2 Å². The van der Waals surface area contributed by atoms with Crippen LogP contribution in [0.1, 0.15) is 34.0 Å². The standard InChI is InChI=1S/C26H26N4O4/c1-4-30-24-20(26(33)29(3)21-6-5-12-27-25(21)30)15-19(16-28-24)11-13-34-22-9-7-18(14-17(22)2)8-10-23(31)32/h5-10,12,14-16H,4,11,13H2,1-3H3,(H,31,32)/b10-8+. The number of fused-ring (bicyclic) bond motifs is 2. The summed E-state index contributed by atoms with van der Waals surface area (Å²) in [5.74, 6) is 0.919. The first-order chi connectivity index (χ1) is 16.4. The van der Waals surface area contributed by atoms with E-state index in [1.807, 2.05) is 55.1 Å². The maximum atomic E-state index is 13.2. The molecule has 1 amide bonds. The summed E-state index contributed by atoms with van der Waals surface area (Å²) in [5, 5.41) is 8.77. The van der Waals surface area contributed by atoms with Gasteiger partial charge in [0.25, 0.3) is 5.91 Å². The van der Waals surface area contributed by atoms with E-state index < -0.39 is 5.97 Å². The Labute approximate surface area is 198 Å². The molecule has 4 rings (SSSR count). The molecule has 2 aromatic heterocycles. The number of carboxylic acids is 1. The number of anilines is 3. The molecule has 1 aliphatic rings. The van der Waals surface area contributed by atoms with Crippen LogP contribution in [0.3, 0.4) is 0 Å². The molecule has 0 saturated heterocycles. The second-order valence-corrected chi connectivity index (χ2v) is 7.96. The van der Waals surface area contributed by atoms with Gasteiger partial charge in [-0.15, -0.1) is 0 Å². The monoisotopic (exact) mass is 458 g/mol. The Morgan fingerprint density at radius 1 is 1.18 bits per heavy atom. The number of amides is 1. The minimum Gasteiger partial charge on any atom is -0.493 e. The van der Waals surface area contributed by atoms with E-state index >= 15 is 0 Å². The summed E-state index contributed by atoms with van der Waals surface area (Å²) < 4.78 is 5.95. The van der Waals surface area contributed by atoms with Gasteiger partial charge in [-0.05, 0) is 66.9 Å². The highest BCUT2D eigenvalue weighted by atomic mass is 16.5. The number of ether oxygens (including phenoxy) is 1. The molecule has 0 saturated carbocycles. The molecule has 0 spiro atoms. The average molecular weight is 459 g/mol. The number of carbonyl (C=O) groups excluding carboxylic acids is 1. The number of pyridine rings is 2. The maximum Gasteiger partial charge on any atom is 0.328 e. The van der Waals surface area contributed by atoms with Crippen molar-refractivity contribution in [2.45, 2.75) is 20.3 Å². The van der Waals surface area contributed by atoms with Crippen molar-refractivity contribution < 1.29 is 19.4 Å². The zero-order chi connectivity index (χ0) is 24.2. The van der Waals surface area contributed by atoms with Gasteiger partial charge in [0, 0.05) is 38.5 Å². The number of aryl methyl sites for hydroxylation is 1. The van der Waals surface area contributed by atoms with Crippen molar-refractivity contribution in [1.82, 2.24) is 9.97 Å². The molecular weight excluding hydrogens is 432 g/mol. The number of benzene rings is 1. The number of rotatable bonds is 7. The van der Waals surface area contributed by atoms with Crippen LogP contribution in [0.25, 0.3) is 6.08 Å². The van der Waals surface area contributed by atoms with E-state index in [9.17, 15) is 9.59 Å². The van der Waals surface area contributed by atoms with Gasteiger partial charge in [0.15, 0.2) is 5.82 Å². The van der Waals surface area contributed by atoms with Crippen LogP contribution in [0, 0.1) is 6.92 Å². The summed E-state index contributed by atoms with van der Waals surface area (Å²) in [4.78, 5) is 36.6. The Hall–Kier alpha value is -4.20. The SMILES string of the molecule is CCN1c2ncc(CCOc3ccc(/C=C/C(=O)O)cc3C)cc2C(=O)N(C)c2cccnc21. The highest BCUT2D eigenvalue weighted by Crippen LogP contribution is 2.37. The van der Waals surface area contributed by atoms with Crippen LogP contribution in [0.15, 0.2) is 54.9 Å². The van der Waals surface area contributed by atoms with E-state index in [0.717, 1.165) is 34.2 Å². The van der Waals surface area contributed by atoms with E-state index in [-0.39, 0.29) is 5.91 Å². The second-order valence-electron chi connectivity index (χ2n) is 7.96. The summed E-state index contributed by atoms with van der Waals surface area (Å²) >= 11 is 0. The highest BCUT2D eigenvalue weighted by Gasteiger charge is 2.30. The van der Waals surface area contributed by atoms with Gasteiger partial charge in [-0.3, -0.25) is 4.79 Å². The van der Waals surface area contributed by atoms with Crippen molar-refractivity contribution in [3.05, 3.63) is 77.1 Å². The summed E-state index contributed by atoms with van der Waals surface area (Å²) in [7, 11) is 1.75. The molecule has 174 valence electrons. The molecule has 0 bridgehead atoms. The molecule has 34 heavy (non-hydrogen) atoms. The van der Waals surface area contributed by atoms with Gasteiger partial charge >= 0.3 is 5.97 Å². The minimum atomic E-state index is -0.987. The number of nitrogens with zero attached hydrogens (tertiary/aromatic N) is 4. The van der Waals surface area contributed by atoms with Gasteiger partial charge in [0.1, 0.15) is 11.6 Å². The number of carboxylic acid groups (broad SMARTS) is 1. The van der Waals surface area contributed by atoms with Gasteiger partial charge < -0.3 is 19.6 Å². The molecule has 3 heterocycles. The zero-order valence-electron chi connectivity index (χ0n) is 19.4.